The molecule has 0 radical (unpaired) electrons. The maximum atomic E-state index is 12.3. The maximum Gasteiger partial charge on any atom is 0.163 e. The Morgan fingerprint density at radius 2 is 1.32 bits per heavy atom. The SMILES string of the molecule is CSC(C)(C)C(=O)CCCCC(C)(C)CCC(C)(C)OC1CCC(OCC(=O)C(C)(C)C)CC1. The molecular formula is C29H54O4S. The zero-order chi connectivity index (χ0) is 26.2. The number of unbranched alkanes of at least 4 members (excludes halogenated alkanes) is 1. The summed E-state index contributed by atoms with van der Waals surface area (Å²) in [4.78, 5) is 24.4. The molecule has 0 aromatic carbocycles. The molecular weight excluding hydrogens is 444 g/mol. The van der Waals surface area contributed by atoms with Crippen LogP contribution in [0.2, 0.25) is 0 Å². The highest BCUT2D eigenvalue weighted by molar-refractivity contribution is 8.00. The van der Waals surface area contributed by atoms with Crippen molar-refractivity contribution in [2.24, 2.45) is 10.8 Å². The number of ketones is 2. The zero-order valence-electron chi connectivity index (χ0n) is 24.0. The zero-order valence-corrected chi connectivity index (χ0v) is 24.8. The van der Waals surface area contributed by atoms with Gasteiger partial charge < -0.3 is 9.47 Å². The number of Topliss-reactive ketones (excluding diaryl/α,β-unsaturated/α-hetero) is 2. The summed E-state index contributed by atoms with van der Waals surface area (Å²) in [7, 11) is 0. The van der Waals surface area contributed by atoms with Gasteiger partial charge in [-0.05, 0) is 90.7 Å². The van der Waals surface area contributed by atoms with Crippen LogP contribution < -0.4 is 0 Å². The average Bonchev–Trinajstić information content (AvgIpc) is 2.73. The molecule has 0 N–H and O–H groups in total. The van der Waals surface area contributed by atoms with Gasteiger partial charge in [-0.3, -0.25) is 9.59 Å². The van der Waals surface area contributed by atoms with Crippen LogP contribution in [0, 0.1) is 10.8 Å². The van der Waals surface area contributed by atoms with Gasteiger partial charge in [0.1, 0.15) is 12.4 Å². The van der Waals surface area contributed by atoms with Crippen molar-refractivity contribution in [3.63, 3.8) is 0 Å². The first kappa shape index (κ1) is 31.6. The summed E-state index contributed by atoms with van der Waals surface area (Å²) in [6.07, 6.45) is 12.5. The van der Waals surface area contributed by atoms with Crippen LogP contribution in [-0.2, 0) is 19.1 Å². The Morgan fingerprint density at radius 3 is 1.85 bits per heavy atom. The van der Waals surface area contributed by atoms with Crippen LogP contribution in [0.4, 0.5) is 0 Å². The Bertz CT molecular complexity index is 637. The summed E-state index contributed by atoms with van der Waals surface area (Å²) >= 11 is 1.64. The number of ether oxygens (including phenoxy) is 2. The van der Waals surface area contributed by atoms with E-state index in [1.165, 1.54) is 0 Å². The molecule has 0 heterocycles. The van der Waals surface area contributed by atoms with Gasteiger partial charge in [-0.2, -0.15) is 11.8 Å². The van der Waals surface area contributed by atoms with Crippen molar-refractivity contribution in [2.75, 3.05) is 12.9 Å². The lowest BCUT2D eigenvalue weighted by Crippen LogP contribution is -2.36. The predicted octanol–water partition coefficient (Wildman–Crippen LogP) is 7.80. The van der Waals surface area contributed by atoms with E-state index in [0.717, 1.165) is 57.8 Å². The third-order valence-electron chi connectivity index (χ3n) is 7.49. The highest BCUT2D eigenvalue weighted by atomic mass is 32.2. The normalized spacial score (nSPS) is 20.4. The molecule has 0 aromatic heterocycles. The third kappa shape index (κ3) is 12.0. The van der Waals surface area contributed by atoms with E-state index in [-0.39, 0.29) is 45.8 Å². The van der Waals surface area contributed by atoms with Crippen molar-refractivity contribution in [3.05, 3.63) is 0 Å². The van der Waals surface area contributed by atoms with Crippen molar-refractivity contribution in [2.45, 2.75) is 149 Å². The minimum Gasteiger partial charge on any atom is -0.372 e. The van der Waals surface area contributed by atoms with Gasteiger partial charge in [0.25, 0.3) is 0 Å². The third-order valence-corrected chi connectivity index (χ3v) is 8.73. The second kappa shape index (κ2) is 13.2. The van der Waals surface area contributed by atoms with E-state index < -0.39 is 0 Å². The first-order valence-electron chi connectivity index (χ1n) is 13.4. The Hall–Kier alpha value is -0.390. The number of thioether (sulfide) groups is 1. The fraction of sp³-hybridized carbons (Fsp3) is 0.931. The minimum atomic E-state index is -0.333. The summed E-state index contributed by atoms with van der Waals surface area (Å²) < 4.78 is 12.2. The van der Waals surface area contributed by atoms with E-state index in [4.69, 9.17) is 9.47 Å². The standard InChI is InChI=1S/C29H54O4S/c1-26(2,3)25(31)21-32-22-14-16-23(17-15-22)33-28(6,7)20-19-27(4,5)18-12-11-13-24(30)29(8,9)34-10/h22-23H,11-21H2,1-10H3. The van der Waals surface area contributed by atoms with Crippen molar-refractivity contribution >= 4 is 23.3 Å². The first-order chi connectivity index (χ1) is 15.5. The van der Waals surface area contributed by atoms with E-state index in [0.29, 0.717) is 12.2 Å². The average molecular weight is 499 g/mol. The van der Waals surface area contributed by atoms with Crippen LogP contribution in [0.15, 0.2) is 0 Å². The Morgan fingerprint density at radius 1 is 0.765 bits per heavy atom. The molecule has 0 saturated heterocycles. The summed E-state index contributed by atoms with van der Waals surface area (Å²) in [6.45, 7) is 19.2. The molecule has 0 aromatic rings. The van der Waals surface area contributed by atoms with Crippen molar-refractivity contribution < 1.29 is 19.1 Å². The lowest BCUT2D eigenvalue weighted by Gasteiger charge is -2.37. The molecule has 0 bridgehead atoms. The lowest BCUT2D eigenvalue weighted by molar-refractivity contribution is -0.136. The number of hydrogen-bond donors (Lipinski definition) is 0. The van der Waals surface area contributed by atoms with Gasteiger partial charge in [0.2, 0.25) is 0 Å². The van der Waals surface area contributed by atoms with E-state index in [2.05, 4.69) is 27.7 Å². The maximum absolute atomic E-state index is 12.3. The number of hydrogen-bond acceptors (Lipinski definition) is 5. The first-order valence-corrected chi connectivity index (χ1v) is 14.6. The van der Waals surface area contributed by atoms with E-state index in [1.807, 2.05) is 40.9 Å². The number of rotatable bonds is 15. The van der Waals surface area contributed by atoms with Crippen LogP contribution in [-0.4, -0.2) is 47.0 Å². The monoisotopic (exact) mass is 498 g/mol. The smallest absolute Gasteiger partial charge is 0.163 e. The molecule has 0 amide bonds. The minimum absolute atomic E-state index is 0.143. The highest BCUT2D eigenvalue weighted by Crippen LogP contribution is 2.35. The largest absolute Gasteiger partial charge is 0.372 e. The Balaban J connectivity index is 2.32. The summed E-state index contributed by atoms with van der Waals surface area (Å²) in [5.74, 6) is 0.540. The molecule has 0 atom stereocenters. The summed E-state index contributed by atoms with van der Waals surface area (Å²) in [6, 6.07) is 0. The second-order valence-corrected chi connectivity index (χ2v) is 14.7. The van der Waals surface area contributed by atoms with Crippen LogP contribution >= 0.6 is 11.8 Å². The quantitative estimate of drug-likeness (QED) is 0.216. The van der Waals surface area contributed by atoms with Crippen molar-refractivity contribution in [1.29, 1.82) is 0 Å². The van der Waals surface area contributed by atoms with E-state index in [1.54, 1.807) is 11.8 Å². The number of carbonyl (C=O) groups is 2. The Kier molecular flexibility index (Phi) is 12.3. The molecule has 1 aliphatic carbocycles. The molecule has 200 valence electrons. The fourth-order valence-electron chi connectivity index (χ4n) is 4.31. The van der Waals surface area contributed by atoms with E-state index in [9.17, 15) is 9.59 Å². The van der Waals surface area contributed by atoms with Crippen molar-refractivity contribution in [3.8, 4) is 0 Å². The molecule has 1 saturated carbocycles. The molecule has 1 aliphatic rings. The van der Waals surface area contributed by atoms with E-state index >= 15 is 0 Å². The van der Waals surface area contributed by atoms with Crippen molar-refractivity contribution in [1.82, 2.24) is 0 Å². The summed E-state index contributed by atoms with van der Waals surface area (Å²) in [5.41, 5.74) is -0.222. The molecule has 0 unspecified atom stereocenters. The van der Waals surface area contributed by atoms with Gasteiger partial charge in [-0.15, -0.1) is 0 Å². The second-order valence-electron chi connectivity index (χ2n) is 13.3. The lowest BCUT2D eigenvalue weighted by atomic mass is 9.79. The molecule has 0 aliphatic heterocycles. The predicted molar refractivity (Wildman–Crippen MR) is 146 cm³/mol. The molecule has 1 rings (SSSR count). The van der Waals surface area contributed by atoms with Crippen LogP contribution in [0.1, 0.15) is 127 Å². The van der Waals surface area contributed by atoms with Crippen LogP contribution in [0.25, 0.3) is 0 Å². The molecule has 34 heavy (non-hydrogen) atoms. The highest BCUT2D eigenvalue weighted by Gasteiger charge is 2.31. The molecule has 1 fully saturated rings. The summed E-state index contributed by atoms with van der Waals surface area (Å²) in [5, 5.41) is 0. The fourth-order valence-corrected chi connectivity index (χ4v) is 4.64. The molecule has 4 nitrogen and oxygen atoms in total. The van der Waals surface area contributed by atoms with Gasteiger partial charge in [0.15, 0.2) is 5.78 Å². The van der Waals surface area contributed by atoms with Gasteiger partial charge in [-0.25, -0.2) is 0 Å². The Labute approximate surface area is 215 Å². The van der Waals surface area contributed by atoms with Gasteiger partial charge in [0, 0.05) is 11.8 Å². The number of carbonyl (C=O) groups excluding carboxylic acids is 2. The molecule has 0 spiro atoms. The molecule has 5 heteroatoms. The van der Waals surface area contributed by atoms with Gasteiger partial charge in [0.05, 0.1) is 22.6 Å². The van der Waals surface area contributed by atoms with Gasteiger partial charge >= 0.3 is 0 Å². The van der Waals surface area contributed by atoms with Crippen LogP contribution in [0.5, 0.6) is 0 Å². The van der Waals surface area contributed by atoms with Gasteiger partial charge in [-0.1, -0.05) is 41.0 Å². The van der Waals surface area contributed by atoms with Crippen LogP contribution in [0.3, 0.4) is 0 Å². The topological polar surface area (TPSA) is 52.6 Å².